The lowest BCUT2D eigenvalue weighted by Crippen LogP contribution is -2.54. The number of anilines is 1. The van der Waals surface area contributed by atoms with Crippen molar-refractivity contribution in [3.8, 4) is 0 Å². The second-order valence-corrected chi connectivity index (χ2v) is 11.2. The molecule has 1 aromatic heterocycles. The van der Waals surface area contributed by atoms with Crippen LogP contribution in [0.5, 0.6) is 0 Å². The molecule has 0 radical (unpaired) electrons. The minimum absolute atomic E-state index is 0.0385. The van der Waals surface area contributed by atoms with E-state index >= 15 is 8.78 Å². The van der Waals surface area contributed by atoms with E-state index in [0.717, 1.165) is 37.1 Å². The van der Waals surface area contributed by atoms with Crippen LogP contribution in [-0.4, -0.2) is 65.9 Å². The van der Waals surface area contributed by atoms with Gasteiger partial charge in [-0.15, -0.1) is 0 Å². The molecule has 37 heavy (non-hydrogen) atoms. The first kappa shape index (κ1) is 26.6. The molecule has 0 spiro atoms. The van der Waals surface area contributed by atoms with Crippen molar-refractivity contribution in [3.63, 3.8) is 0 Å². The minimum atomic E-state index is -4.54. The van der Waals surface area contributed by atoms with Crippen LogP contribution in [0.15, 0.2) is 30.3 Å². The molecule has 3 aromatic rings. The molecular weight excluding hydrogens is 609 g/mol. The molecule has 0 amide bonds. The number of rotatable bonds is 7. The van der Waals surface area contributed by atoms with E-state index in [0.29, 0.717) is 38.2 Å². The summed E-state index contributed by atoms with van der Waals surface area (Å²) in [5.41, 5.74) is 1.73. The van der Waals surface area contributed by atoms with E-state index in [1.807, 2.05) is 23.1 Å². The van der Waals surface area contributed by atoms with E-state index in [1.54, 1.807) is 6.92 Å². The smallest absolute Gasteiger partial charge is 0.380 e. The normalized spacial score (nSPS) is 21.3. The highest BCUT2D eigenvalue weighted by molar-refractivity contribution is 14.1. The lowest BCUT2D eigenvalue weighted by molar-refractivity contribution is -0.155. The van der Waals surface area contributed by atoms with Gasteiger partial charge in [0.05, 0.1) is 25.3 Å². The summed E-state index contributed by atoms with van der Waals surface area (Å²) in [6, 6.07) is 6.07. The molecule has 0 saturated carbocycles. The van der Waals surface area contributed by atoms with Crippen molar-refractivity contribution < 1.29 is 26.3 Å². The number of likely N-dealkylation sites (tertiary alicyclic amines) is 1. The third-order valence-electron chi connectivity index (χ3n) is 7.22. The zero-order chi connectivity index (χ0) is 26.5. The van der Waals surface area contributed by atoms with Gasteiger partial charge in [-0.25, -0.2) is 8.78 Å². The Kier molecular flexibility index (Phi) is 7.40. The molecule has 4 nitrogen and oxygen atoms in total. The summed E-state index contributed by atoms with van der Waals surface area (Å²) in [7, 11) is 0. The van der Waals surface area contributed by atoms with Crippen LogP contribution in [0.1, 0.15) is 36.2 Å². The lowest BCUT2D eigenvalue weighted by Gasteiger charge is -2.41. The maximum Gasteiger partial charge on any atom is 0.401 e. The van der Waals surface area contributed by atoms with E-state index in [1.165, 1.54) is 0 Å². The number of halogens is 7. The summed E-state index contributed by atoms with van der Waals surface area (Å²) in [6.07, 6.45) is -3.78. The summed E-state index contributed by atoms with van der Waals surface area (Å²) in [6.45, 7) is 1.85. The number of aromatic amines is 1. The average Bonchev–Trinajstić information content (AvgIpc) is 3.12. The van der Waals surface area contributed by atoms with Crippen LogP contribution in [-0.2, 0) is 6.42 Å². The Hall–Kier alpha value is -1.99. The van der Waals surface area contributed by atoms with Crippen molar-refractivity contribution in [3.05, 3.63) is 62.4 Å². The largest absolute Gasteiger partial charge is 0.401 e. The number of nitrogens with one attached hydrogen (secondary N) is 2. The maximum atomic E-state index is 15.6. The molecule has 11 heteroatoms. The molecule has 0 bridgehead atoms. The van der Waals surface area contributed by atoms with Gasteiger partial charge in [-0.3, -0.25) is 14.2 Å². The summed E-state index contributed by atoms with van der Waals surface area (Å²) in [4.78, 5) is 6.36. The van der Waals surface area contributed by atoms with Crippen molar-refractivity contribution in [1.82, 2.24) is 14.8 Å². The van der Waals surface area contributed by atoms with Gasteiger partial charge in [0.15, 0.2) is 0 Å². The maximum absolute atomic E-state index is 15.6. The number of aromatic nitrogens is 1. The van der Waals surface area contributed by atoms with Crippen molar-refractivity contribution in [2.75, 3.05) is 38.2 Å². The number of benzene rings is 2. The third-order valence-corrected chi connectivity index (χ3v) is 7.89. The van der Waals surface area contributed by atoms with Crippen molar-refractivity contribution in [2.24, 2.45) is 0 Å². The highest BCUT2D eigenvalue weighted by Gasteiger charge is 2.44. The molecule has 0 unspecified atom stereocenters. The average molecular weight is 636 g/mol. The minimum Gasteiger partial charge on any atom is -0.380 e. The van der Waals surface area contributed by atoms with Gasteiger partial charge in [-0.05, 0) is 72.2 Å². The van der Waals surface area contributed by atoms with E-state index in [2.05, 4.69) is 32.9 Å². The van der Waals surface area contributed by atoms with Gasteiger partial charge in [-0.2, -0.15) is 13.2 Å². The van der Waals surface area contributed by atoms with E-state index in [4.69, 9.17) is 0 Å². The molecule has 1 saturated heterocycles. The summed E-state index contributed by atoms with van der Waals surface area (Å²) in [5, 5.41) is 3.93. The molecule has 2 aliphatic rings. The number of nitrogens with zero attached hydrogens (tertiary/aromatic N) is 2. The molecule has 2 aliphatic heterocycles. The summed E-state index contributed by atoms with van der Waals surface area (Å²) < 4.78 is 85.4. The fourth-order valence-corrected chi connectivity index (χ4v) is 6.08. The van der Waals surface area contributed by atoms with Gasteiger partial charge in [-0.1, -0.05) is 6.07 Å². The van der Waals surface area contributed by atoms with Crippen LogP contribution in [0.4, 0.5) is 32.0 Å². The van der Waals surface area contributed by atoms with Gasteiger partial charge in [0.25, 0.3) is 0 Å². The fourth-order valence-electron chi connectivity index (χ4n) is 5.59. The summed E-state index contributed by atoms with van der Waals surface area (Å²) >= 11 is 2.14. The fraction of sp³-hybridized carbons (Fsp3) is 0.462. The Bertz CT molecular complexity index is 1260. The lowest BCUT2D eigenvalue weighted by atomic mass is 9.88. The second-order valence-electron chi connectivity index (χ2n) is 9.95. The van der Waals surface area contributed by atoms with Crippen LogP contribution in [0, 0.1) is 15.2 Å². The van der Waals surface area contributed by atoms with Crippen LogP contribution >= 0.6 is 22.6 Å². The van der Waals surface area contributed by atoms with Crippen molar-refractivity contribution in [1.29, 1.82) is 0 Å². The molecule has 2 N–H and O–H groups in total. The number of hydrogen-bond donors (Lipinski definition) is 2. The van der Waals surface area contributed by atoms with Crippen LogP contribution < -0.4 is 5.32 Å². The highest BCUT2D eigenvalue weighted by atomic mass is 127. The summed E-state index contributed by atoms with van der Waals surface area (Å²) in [5.74, 6) is -1.80. The molecular formula is C26H27F6IN4. The molecule has 2 atom stereocenters. The number of alkyl halides is 4. The van der Waals surface area contributed by atoms with Crippen LogP contribution in [0.3, 0.4) is 0 Å². The Morgan fingerprint density at radius 2 is 1.81 bits per heavy atom. The van der Waals surface area contributed by atoms with Crippen LogP contribution in [0.2, 0.25) is 0 Å². The monoisotopic (exact) mass is 636 g/mol. The topological polar surface area (TPSA) is 34.3 Å². The van der Waals surface area contributed by atoms with E-state index < -0.39 is 48.7 Å². The van der Waals surface area contributed by atoms with Gasteiger partial charge in [0.2, 0.25) is 0 Å². The first-order valence-electron chi connectivity index (χ1n) is 12.2. The molecule has 1 fully saturated rings. The Labute approximate surface area is 224 Å². The molecule has 200 valence electrons. The SMILES string of the molecule is C[C@@H]1Cc2c([nH]c3cc(I)ccc23)[C@@H](c2c(F)cc(NC3CN(CCCF)C3)cc2F)N1CC(F)(F)F. The highest BCUT2D eigenvalue weighted by Crippen LogP contribution is 2.44. The van der Waals surface area contributed by atoms with E-state index in [9.17, 15) is 17.6 Å². The first-order valence-corrected chi connectivity index (χ1v) is 13.3. The standard InChI is InChI=1S/C26H27F6IN4/c1-14-7-19-18-4-3-15(33)8-22(18)35-24(19)25(37(14)13-26(30,31)32)23-20(28)9-16(10-21(23)29)34-17-11-36(12-17)6-2-5-27/h3-4,8-10,14,17,25,34-35H,2,5-7,11-13H2,1H3/t14-,25-/m1/s1. The number of hydrogen-bond acceptors (Lipinski definition) is 3. The first-order chi connectivity index (χ1) is 17.5. The molecule has 3 heterocycles. The second kappa shape index (κ2) is 10.3. The van der Waals surface area contributed by atoms with Crippen LogP contribution in [0.25, 0.3) is 10.9 Å². The molecule has 0 aliphatic carbocycles. The van der Waals surface area contributed by atoms with Gasteiger partial charge in [0.1, 0.15) is 11.6 Å². The Morgan fingerprint density at radius 1 is 1.11 bits per heavy atom. The van der Waals surface area contributed by atoms with Gasteiger partial charge in [0, 0.05) is 57.1 Å². The predicted molar refractivity (Wildman–Crippen MR) is 140 cm³/mol. The number of fused-ring (bicyclic) bond motifs is 3. The molecule has 5 rings (SSSR count). The Balaban J connectivity index is 1.51. The predicted octanol–water partition coefficient (Wildman–Crippen LogP) is 6.40. The quantitative estimate of drug-likeness (QED) is 0.233. The third kappa shape index (κ3) is 5.44. The molecule has 2 aromatic carbocycles. The van der Waals surface area contributed by atoms with Gasteiger partial charge < -0.3 is 10.3 Å². The Morgan fingerprint density at radius 3 is 2.46 bits per heavy atom. The van der Waals surface area contributed by atoms with E-state index in [-0.39, 0.29) is 11.7 Å². The van der Waals surface area contributed by atoms with Gasteiger partial charge >= 0.3 is 6.18 Å². The number of H-pyrrole nitrogens is 1. The van der Waals surface area contributed by atoms with Crippen molar-refractivity contribution >= 4 is 39.2 Å². The zero-order valence-electron chi connectivity index (χ0n) is 20.1. The van der Waals surface area contributed by atoms with Crippen molar-refractivity contribution in [2.45, 2.75) is 44.1 Å². The zero-order valence-corrected chi connectivity index (χ0v) is 22.3.